The van der Waals surface area contributed by atoms with Crippen LogP contribution in [0.1, 0.15) is 29.4 Å². The number of ether oxygens (including phenoxy) is 1. The molecule has 18 heavy (non-hydrogen) atoms. The van der Waals surface area contributed by atoms with E-state index in [0.717, 1.165) is 0 Å². The average molecular weight is 264 g/mol. The molecule has 0 unspecified atom stereocenters. The third-order valence-electron chi connectivity index (χ3n) is 1.90. The highest BCUT2D eigenvalue weighted by Gasteiger charge is 2.32. The lowest BCUT2D eigenvalue weighted by molar-refractivity contribution is -0.388. The molecule has 1 aromatic heterocycles. The summed E-state index contributed by atoms with van der Waals surface area (Å²) in [7, 11) is 0. The number of nitrogens with zero attached hydrogens (tertiary/aromatic N) is 2. The van der Waals surface area contributed by atoms with E-state index in [0.29, 0.717) is 6.20 Å². The Kier molecular flexibility index (Phi) is 4.18. The molecule has 0 amide bonds. The van der Waals surface area contributed by atoms with Crippen LogP contribution in [0, 0.1) is 15.9 Å². The van der Waals surface area contributed by atoms with E-state index in [1.165, 1.54) is 6.92 Å². The van der Waals surface area contributed by atoms with E-state index in [2.05, 4.69) is 9.72 Å². The zero-order valence-electron chi connectivity index (χ0n) is 9.02. The van der Waals surface area contributed by atoms with Gasteiger partial charge in [0.15, 0.2) is 0 Å². The second-order valence-corrected chi connectivity index (χ2v) is 3.00. The number of esters is 1. The summed E-state index contributed by atoms with van der Waals surface area (Å²) in [6.45, 7) is 1.31. The Labute approximate surface area is 98.5 Å². The Morgan fingerprint density at radius 3 is 2.67 bits per heavy atom. The molecule has 98 valence electrons. The molecule has 0 aromatic carbocycles. The van der Waals surface area contributed by atoms with Crippen LogP contribution in [0.4, 0.5) is 18.9 Å². The Hall–Kier alpha value is -2.19. The fourth-order valence-corrected chi connectivity index (χ4v) is 1.16. The van der Waals surface area contributed by atoms with Crippen LogP contribution in [0.15, 0.2) is 6.20 Å². The molecular weight excluding hydrogens is 257 g/mol. The molecule has 1 rings (SSSR count). The Morgan fingerprint density at radius 2 is 2.22 bits per heavy atom. The van der Waals surface area contributed by atoms with E-state index >= 15 is 0 Å². The monoisotopic (exact) mass is 264 g/mol. The summed E-state index contributed by atoms with van der Waals surface area (Å²) in [5.74, 6) is -3.03. The molecule has 0 bridgehead atoms. The molecule has 0 aliphatic heterocycles. The standard InChI is InChI=1S/C9H7F3N2O4/c1-2-18-9(15)6-7(14(16)17)5(10)4(3-13-6)8(11)12/h3,8H,2H2,1H3. The zero-order chi connectivity index (χ0) is 13.9. The minimum Gasteiger partial charge on any atom is -0.461 e. The Balaban J connectivity index is 3.41. The SMILES string of the molecule is CCOC(=O)c1ncc(C(F)F)c(F)c1[N+](=O)[O-]. The van der Waals surface area contributed by atoms with Crippen molar-refractivity contribution >= 4 is 11.7 Å². The lowest BCUT2D eigenvalue weighted by Crippen LogP contribution is -2.13. The van der Waals surface area contributed by atoms with Crippen molar-refractivity contribution in [1.29, 1.82) is 0 Å². The van der Waals surface area contributed by atoms with Gasteiger partial charge in [0.05, 0.1) is 17.1 Å². The second-order valence-electron chi connectivity index (χ2n) is 3.00. The van der Waals surface area contributed by atoms with Gasteiger partial charge < -0.3 is 4.74 Å². The summed E-state index contributed by atoms with van der Waals surface area (Å²) in [4.78, 5) is 23.7. The van der Waals surface area contributed by atoms with Crippen molar-refractivity contribution in [3.8, 4) is 0 Å². The third kappa shape index (κ3) is 2.55. The number of pyridine rings is 1. The minimum atomic E-state index is -3.27. The topological polar surface area (TPSA) is 82.3 Å². The van der Waals surface area contributed by atoms with Crippen LogP contribution >= 0.6 is 0 Å². The molecule has 9 heteroatoms. The van der Waals surface area contributed by atoms with E-state index in [9.17, 15) is 28.1 Å². The molecule has 0 aliphatic rings. The fourth-order valence-electron chi connectivity index (χ4n) is 1.16. The molecule has 0 saturated heterocycles. The van der Waals surface area contributed by atoms with E-state index in [1.807, 2.05) is 0 Å². The summed E-state index contributed by atoms with van der Waals surface area (Å²) >= 11 is 0. The highest BCUT2D eigenvalue weighted by Crippen LogP contribution is 2.29. The van der Waals surface area contributed by atoms with Gasteiger partial charge in [-0.1, -0.05) is 0 Å². The maximum absolute atomic E-state index is 13.5. The molecule has 1 aromatic rings. The van der Waals surface area contributed by atoms with Gasteiger partial charge in [0, 0.05) is 6.20 Å². The van der Waals surface area contributed by atoms with Gasteiger partial charge in [-0.2, -0.15) is 4.39 Å². The van der Waals surface area contributed by atoms with E-state index in [-0.39, 0.29) is 6.61 Å². The minimum absolute atomic E-state index is 0.115. The maximum Gasteiger partial charge on any atom is 0.364 e. The first-order valence-corrected chi connectivity index (χ1v) is 4.68. The normalized spacial score (nSPS) is 10.5. The van der Waals surface area contributed by atoms with E-state index < -0.39 is 40.1 Å². The van der Waals surface area contributed by atoms with Gasteiger partial charge in [-0.15, -0.1) is 0 Å². The van der Waals surface area contributed by atoms with E-state index in [4.69, 9.17) is 0 Å². The van der Waals surface area contributed by atoms with Gasteiger partial charge in [0.2, 0.25) is 11.5 Å². The smallest absolute Gasteiger partial charge is 0.364 e. The first kappa shape index (κ1) is 13.9. The molecule has 0 aliphatic carbocycles. The van der Waals surface area contributed by atoms with Crippen LogP contribution in [0.3, 0.4) is 0 Å². The zero-order valence-corrected chi connectivity index (χ0v) is 9.02. The van der Waals surface area contributed by atoms with Gasteiger partial charge in [-0.05, 0) is 6.92 Å². The van der Waals surface area contributed by atoms with Crippen molar-refractivity contribution in [3.05, 3.63) is 33.4 Å². The number of aromatic nitrogens is 1. The van der Waals surface area contributed by atoms with E-state index in [1.54, 1.807) is 0 Å². The maximum atomic E-state index is 13.5. The lowest BCUT2D eigenvalue weighted by Gasteiger charge is -2.05. The van der Waals surface area contributed by atoms with Crippen molar-refractivity contribution in [2.75, 3.05) is 6.61 Å². The van der Waals surface area contributed by atoms with Gasteiger partial charge in [0.1, 0.15) is 0 Å². The summed E-state index contributed by atoms with van der Waals surface area (Å²) in [5.41, 5.74) is -3.59. The summed E-state index contributed by atoms with van der Waals surface area (Å²) < 4.78 is 42.5. The molecule has 1 heterocycles. The van der Waals surface area contributed by atoms with Crippen LogP contribution in [0.5, 0.6) is 0 Å². The van der Waals surface area contributed by atoms with Crippen LogP contribution in [-0.4, -0.2) is 22.5 Å². The van der Waals surface area contributed by atoms with Crippen molar-refractivity contribution in [1.82, 2.24) is 4.98 Å². The number of carbonyl (C=O) groups excluding carboxylic acids is 1. The largest absolute Gasteiger partial charge is 0.461 e. The number of hydrogen-bond donors (Lipinski definition) is 0. The average Bonchev–Trinajstić information content (AvgIpc) is 2.27. The number of hydrogen-bond acceptors (Lipinski definition) is 5. The third-order valence-corrected chi connectivity index (χ3v) is 1.90. The molecule has 0 fully saturated rings. The first-order valence-electron chi connectivity index (χ1n) is 4.68. The highest BCUT2D eigenvalue weighted by molar-refractivity contribution is 5.91. The molecule has 0 atom stereocenters. The predicted molar refractivity (Wildman–Crippen MR) is 51.8 cm³/mol. The summed E-state index contributed by atoms with van der Waals surface area (Å²) in [6.07, 6.45) is -2.90. The van der Waals surface area contributed by atoms with Crippen LogP contribution in [-0.2, 0) is 4.74 Å². The Bertz CT molecular complexity index is 493. The van der Waals surface area contributed by atoms with Crippen molar-refractivity contribution in [3.63, 3.8) is 0 Å². The van der Waals surface area contributed by atoms with Crippen molar-refractivity contribution in [2.24, 2.45) is 0 Å². The molecular formula is C9H7F3N2O4. The summed E-state index contributed by atoms with van der Waals surface area (Å²) in [6, 6.07) is 0. The molecule has 6 nitrogen and oxygen atoms in total. The van der Waals surface area contributed by atoms with Gasteiger partial charge >= 0.3 is 11.7 Å². The summed E-state index contributed by atoms with van der Waals surface area (Å²) in [5, 5.41) is 10.6. The van der Waals surface area contributed by atoms with Gasteiger partial charge in [-0.3, -0.25) is 10.1 Å². The van der Waals surface area contributed by atoms with Crippen LogP contribution < -0.4 is 0 Å². The molecule has 0 saturated carbocycles. The molecule has 0 spiro atoms. The van der Waals surface area contributed by atoms with Crippen molar-refractivity contribution in [2.45, 2.75) is 13.3 Å². The molecule has 0 N–H and O–H groups in total. The lowest BCUT2D eigenvalue weighted by atomic mass is 10.2. The number of alkyl halides is 2. The van der Waals surface area contributed by atoms with Crippen molar-refractivity contribution < 1.29 is 27.6 Å². The second kappa shape index (κ2) is 5.43. The number of nitro groups is 1. The molecule has 0 radical (unpaired) electrons. The predicted octanol–water partition coefficient (Wildman–Crippen LogP) is 2.24. The van der Waals surface area contributed by atoms with Crippen LogP contribution in [0.25, 0.3) is 0 Å². The quantitative estimate of drug-likeness (QED) is 0.473. The number of halogens is 3. The highest BCUT2D eigenvalue weighted by atomic mass is 19.3. The fraction of sp³-hybridized carbons (Fsp3) is 0.333. The Morgan fingerprint density at radius 1 is 1.61 bits per heavy atom. The number of carbonyl (C=O) groups is 1. The van der Waals surface area contributed by atoms with Crippen LogP contribution in [0.2, 0.25) is 0 Å². The number of rotatable bonds is 4. The first-order chi connectivity index (χ1) is 8.40. The van der Waals surface area contributed by atoms with Gasteiger partial charge in [0.25, 0.3) is 6.43 Å². The van der Waals surface area contributed by atoms with Gasteiger partial charge in [-0.25, -0.2) is 18.6 Å².